The van der Waals surface area contributed by atoms with E-state index in [2.05, 4.69) is 50.1 Å². The molecule has 7 rings (SSSR count). The van der Waals surface area contributed by atoms with E-state index < -0.39 is 0 Å². The Bertz CT molecular complexity index is 1190. The molecule has 2 N–H and O–H groups in total. The minimum atomic E-state index is 0.206. The number of allylic oxidation sites excluding steroid dienone is 6. The van der Waals surface area contributed by atoms with E-state index >= 15 is 0 Å². The fraction of sp³-hybridized carbons (Fsp3) is 0.757. The Balaban J connectivity index is 1.25. The molecule has 0 amide bonds. The highest BCUT2D eigenvalue weighted by Gasteiger charge is 2.83. The molecule has 9 unspecified atom stereocenters. The Morgan fingerprint density at radius 2 is 1.93 bits per heavy atom. The van der Waals surface area contributed by atoms with Crippen molar-refractivity contribution in [1.29, 1.82) is 0 Å². The van der Waals surface area contributed by atoms with Gasteiger partial charge in [0.1, 0.15) is 0 Å². The Labute approximate surface area is 243 Å². The minimum absolute atomic E-state index is 0.206. The largest absolute Gasteiger partial charge is 0.396 e. The molecule has 4 saturated carbocycles. The molecule has 1 heterocycles. The number of fused-ring (bicyclic) bond motifs is 2. The van der Waals surface area contributed by atoms with Crippen molar-refractivity contribution in [2.45, 2.75) is 97.8 Å². The second-order valence-corrected chi connectivity index (χ2v) is 16.2. The van der Waals surface area contributed by atoms with Gasteiger partial charge in [-0.25, -0.2) is 0 Å². The molecule has 9 atom stereocenters. The van der Waals surface area contributed by atoms with Crippen LogP contribution < -0.4 is 0 Å². The molecule has 40 heavy (non-hydrogen) atoms. The standard InChI is InChI=1S/C37H53NO2/c1-25-17-31-34(4)30(8-5-12-37(34)32(25)33(37,2)3)35(13-9-26(20-35)7-6-16-39)24-36(31)14-10-27(21-36)18-29(23-40)19-28-11-15-38-22-28/h5,11-12,17,22,26-27,29-30,32,39-40H,1,6-10,13-16,18-21,23-24H2,2-4H3. The summed E-state index contributed by atoms with van der Waals surface area (Å²) in [5, 5.41) is 20.0. The van der Waals surface area contributed by atoms with Gasteiger partial charge >= 0.3 is 0 Å². The van der Waals surface area contributed by atoms with Crippen molar-refractivity contribution in [3.8, 4) is 0 Å². The number of nitrogens with zero attached hydrogens (tertiary/aromatic N) is 1. The Kier molecular flexibility index (Phi) is 6.35. The number of rotatable bonds is 8. The van der Waals surface area contributed by atoms with Gasteiger partial charge in [0.15, 0.2) is 0 Å². The maximum Gasteiger partial charge on any atom is 0.0576 e. The van der Waals surface area contributed by atoms with Gasteiger partial charge in [-0.15, -0.1) is 0 Å². The molecule has 4 fully saturated rings. The van der Waals surface area contributed by atoms with Crippen LogP contribution in [0.25, 0.3) is 0 Å². The molecule has 218 valence electrons. The molecule has 3 spiro atoms. The average Bonchev–Trinajstić information content (AvgIpc) is 3.48. The summed E-state index contributed by atoms with van der Waals surface area (Å²) in [7, 11) is 0. The number of aliphatic hydroxyl groups is 2. The number of aliphatic imine (C=N–C) groups is 1. The first-order valence-corrected chi connectivity index (χ1v) is 16.7. The summed E-state index contributed by atoms with van der Waals surface area (Å²) < 4.78 is 0. The normalized spacial score (nSPS) is 46.5. The highest BCUT2D eigenvalue weighted by Crippen LogP contribution is 2.89. The van der Waals surface area contributed by atoms with Crippen molar-refractivity contribution in [2.75, 3.05) is 19.8 Å². The predicted molar refractivity (Wildman–Crippen MR) is 164 cm³/mol. The van der Waals surface area contributed by atoms with Crippen LogP contribution >= 0.6 is 0 Å². The molecule has 6 aliphatic carbocycles. The molecule has 1 aliphatic heterocycles. The number of aliphatic hydroxyl groups excluding tert-OH is 2. The van der Waals surface area contributed by atoms with Crippen molar-refractivity contribution in [1.82, 2.24) is 0 Å². The van der Waals surface area contributed by atoms with E-state index in [1.807, 2.05) is 6.21 Å². The average molecular weight is 544 g/mol. The molecule has 3 nitrogen and oxygen atoms in total. The van der Waals surface area contributed by atoms with Gasteiger partial charge < -0.3 is 10.2 Å². The van der Waals surface area contributed by atoms with Gasteiger partial charge in [-0.3, -0.25) is 4.99 Å². The molecular formula is C37H53NO2. The van der Waals surface area contributed by atoms with E-state index in [0.717, 1.165) is 37.6 Å². The lowest BCUT2D eigenvalue weighted by molar-refractivity contribution is -0.0818. The van der Waals surface area contributed by atoms with E-state index in [1.165, 1.54) is 68.9 Å². The summed E-state index contributed by atoms with van der Waals surface area (Å²) in [4.78, 5) is 4.39. The highest BCUT2D eigenvalue weighted by atomic mass is 16.3. The van der Waals surface area contributed by atoms with Crippen LogP contribution in [0.3, 0.4) is 0 Å². The zero-order valence-electron chi connectivity index (χ0n) is 25.4. The van der Waals surface area contributed by atoms with Crippen LogP contribution in [0.1, 0.15) is 97.8 Å². The highest BCUT2D eigenvalue weighted by molar-refractivity contribution is 5.80. The maximum absolute atomic E-state index is 10.4. The molecule has 3 heteroatoms. The Morgan fingerprint density at radius 3 is 2.67 bits per heavy atom. The fourth-order valence-electron chi connectivity index (χ4n) is 13.0. The maximum atomic E-state index is 10.4. The molecule has 0 aromatic rings. The van der Waals surface area contributed by atoms with Crippen molar-refractivity contribution >= 4 is 6.21 Å². The van der Waals surface area contributed by atoms with Crippen LogP contribution in [0.5, 0.6) is 0 Å². The van der Waals surface area contributed by atoms with Crippen LogP contribution in [0, 0.1) is 56.7 Å². The van der Waals surface area contributed by atoms with Gasteiger partial charge in [0.2, 0.25) is 0 Å². The first-order valence-electron chi connectivity index (χ1n) is 16.7. The third-order valence-electron chi connectivity index (χ3n) is 14.1. The molecular weight excluding hydrogens is 490 g/mol. The SMILES string of the molecule is C=C1C=C2C3(CCC(CC(CO)CC4=CCN=C4)C3)CC3(CCC(CCCO)C3)C3CC=CC4(C1C4(C)C)C23C. The topological polar surface area (TPSA) is 52.8 Å². The van der Waals surface area contributed by atoms with E-state index in [-0.39, 0.29) is 28.3 Å². The smallest absolute Gasteiger partial charge is 0.0576 e. The summed E-state index contributed by atoms with van der Waals surface area (Å²) in [6.07, 6.45) is 27.1. The number of hydrogen-bond acceptors (Lipinski definition) is 3. The summed E-state index contributed by atoms with van der Waals surface area (Å²) in [5.41, 5.74) is 5.89. The Morgan fingerprint density at radius 1 is 1.10 bits per heavy atom. The summed E-state index contributed by atoms with van der Waals surface area (Å²) in [5.74, 6) is 3.10. The molecule has 0 aromatic heterocycles. The molecule has 0 radical (unpaired) electrons. The first kappa shape index (κ1) is 27.4. The first-order chi connectivity index (χ1) is 19.2. The van der Waals surface area contributed by atoms with Crippen molar-refractivity contribution in [3.63, 3.8) is 0 Å². The summed E-state index contributed by atoms with van der Waals surface area (Å²) >= 11 is 0. The van der Waals surface area contributed by atoms with Crippen LogP contribution in [-0.4, -0.2) is 36.2 Å². The fourth-order valence-corrected chi connectivity index (χ4v) is 13.0. The van der Waals surface area contributed by atoms with Gasteiger partial charge in [0, 0.05) is 30.3 Å². The van der Waals surface area contributed by atoms with Crippen LogP contribution in [0.2, 0.25) is 0 Å². The summed E-state index contributed by atoms with van der Waals surface area (Å²) in [6.45, 7) is 14.0. The second-order valence-electron chi connectivity index (χ2n) is 16.2. The molecule has 0 saturated heterocycles. The van der Waals surface area contributed by atoms with Gasteiger partial charge in [-0.2, -0.15) is 0 Å². The van der Waals surface area contributed by atoms with Crippen LogP contribution in [0.4, 0.5) is 0 Å². The second kappa shape index (κ2) is 9.27. The predicted octanol–water partition coefficient (Wildman–Crippen LogP) is 7.86. The number of hydrogen-bond donors (Lipinski definition) is 2. The molecule has 7 aliphatic rings. The zero-order chi connectivity index (χ0) is 28.0. The van der Waals surface area contributed by atoms with Gasteiger partial charge in [-0.05, 0) is 128 Å². The lowest BCUT2D eigenvalue weighted by Gasteiger charge is -2.66. The van der Waals surface area contributed by atoms with Crippen molar-refractivity contribution < 1.29 is 10.2 Å². The van der Waals surface area contributed by atoms with Crippen LogP contribution in [0.15, 0.2) is 52.6 Å². The Hall–Kier alpha value is -1.45. The van der Waals surface area contributed by atoms with Crippen LogP contribution in [-0.2, 0) is 0 Å². The zero-order valence-corrected chi connectivity index (χ0v) is 25.4. The molecule has 0 aromatic carbocycles. The van der Waals surface area contributed by atoms with Gasteiger partial charge in [0.05, 0.1) is 6.54 Å². The lowest BCUT2D eigenvalue weighted by atomic mass is 9.38. The van der Waals surface area contributed by atoms with E-state index in [0.29, 0.717) is 29.8 Å². The quantitative estimate of drug-likeness (QED) is 0.306. The summed E-state index contributed by atoms with van der Waals surface area (Å²) in [6, 6.07) is 0. The van der Waals surface area contributed by atoms with Gasteiger partial charge in [0.25, 0.3) is 0 Å². The van der Waals surface area contributed by atoms with Crippen molar-refractivity contribution in [3.05, 3.63) is 47.6 Å². The van der Waals surface area contributed by atoms with Crippen molar-refractivity contribution in [2.24, 2.45) is 61.7 Å². The monoisotopic (exact) mass is 543 g/mol. The van der Waals surface area contributed by atoms with E-state index in [1.54, 1.807) is 5.57 Å². The third-order valence-corrected chi connectivity index (χ3v) is 14.1. The minimum Gasteiger partial charge on any atom is -0.396 e. The molecule has 0 bridgehead atoms. The van der Waals surface area contributed by atoms with E-state index in [4.69, 9.17) is 6.58 Å². The third kappa shape index (κ3) is 3.52. The van der Waals surface area contributed by atoms with E-state index in [9.17, 15) is 10.2 Å². The van der Waals surface area contributed by atoms with Gasteiger partial charge in [-0.1, -0.05) is 62.8 Å². The lowest BCUT2D eigenvalue weighted by Crippen LogP contribution is -2.58.